The minimum atomic E-state index is -0.138. The van der Waals surface area contributed by atoms with Crippen molar-refractivity contribution in [2.75, 3.05) is 10.6 Å². The number of hydrogen-bond acceptors (Lipinski definition) is 4. The minimum absolute atomic E-state index is 0.138. The van der Waals surface area contributed by atoms with Gasteiger partial charge in [0.15, 0.2) is 0 Å². The minimum Gasteiger partial charge on any atom is -0.324 e. The second-order valence-corrected chi connectivity index (χ2v) is 9.70. The molecule has 0 aliphatic heterocycles. The van der Waals surface area contributed by atoms with E-state index in [0.717, 1.165) is 28.8 Å². The van der Waals surface area contributed by atoms with Crippen LogP contribution in [-0.2, 0) is 6.42 Å². The molecule has 5 nitrogen and oxygen atoms in total. The fraction of sp³-hybridized carbons (Fsp3) is 0.207. The van der Waals surface area contributed by atoms with Gasteiger partial charge in [0.25, 0.3) is 5.91 Å². The average molecular weight is 451 g/mol. The molecule has 0 spiro atoms. The summed E-state index contributed by atoms with van der Waals surface area (Å²) >= 11 is 0. The Labute approximate surface area is 201 Å². The van der Waals surface area contributed by atoms with Crippen LogP contribution in [0.2, 0.25) is 0 Å². The van der Waals surface area contributed by atoms with Crippen molar-refractivity contribution in [3.63, 3.8) is 0 Å². The molecule has 0 radical (unpaired) electrons. The summed E-state index contributed by atoms with van der Waals surface area (Å²) in [5.74, 6) is 0.362. The summed E-state index contributed by atoms with van der Waals surface area (Å²) in [4.78, 5) is 21.7. The van der Waals surface area contributed by atoms with Crippen LogP contribution in [0.3, 0.4) is 0 Å². The molecule has 0 saturated carbocycles. The van der Waals surface area contributed by atoms with E-state index < -0.39 is 0 Å². The summed E-state index contributed by atoms with van der Waals surface area (Å²) in [6.45, 7) is 8.62. The summed E-state index contributed by atoms with van der Waals surface area (Å²) in [5, 5.41) is 6.25. The molecule has 34 heavy (non-hydrogen) atoms. The second-order valence-electron chi connectivity index (χ2n) is 9.70. The van der Waals surface area contributed by atoms with Crippen LogP contribution < -0.4 is 10.6 Å². The van der Waals surface area contributed by atoms with E-state index in [9.17, 15) is 4.79 Å². The number of carbonyl (C=O) groups is 1. The molecule has 2 N–H and O–H groups in total. The van der Waals surface area contributed by atoms with Crippen LogP contribution in [0.15, 0.2) is 85.2 Å². The smallest absolute Gasteiger partial charge is 0.255 e. The maximum Gasteiger partial charge on any atom is 0.255 e. The van der Waals surface area contributed by atoms with Crippen LogP contribution in [0.4, 0.5) is 17.3 Å². The number of anilines is 3. The lowest BCUT2D eigenvalue weighted by molar-refractivity contribution is 0.102. The van der Waals surface area contributed by atoms with Crippen LogP contribution in [-0.4, -0.2) is 15.9 Å². The normalized spacial score (nSPS) is 11.2. The first-order chi connectivity index (χ1) is 16.3. The van der Waals surface area contributed by atoms with Gasteiger partial charge in [0.1, 0.15) is 0 Å². The van der Waals surface area contributed by atoms with Gasteiger partial charge in [-0.2, -0.15) is 0 Å². The maximum absolute atomic E-state index is 12.8. The van der Waals surface area contributed by atoms with Gasteiger partial charge in [-0.3, -0.25) is 4.79 Å². The third kappa shape index (κ3) is 6.07. The number of benzene rings is 3. The van der Waals surface area contributed by atoms with Crippen molar-refractivity contribution in [1.82, 2.24) is 9.97 Å². The Morgan fingerprint density at radius 3 is 2.18 bits per heavy atom. The third-order valence-corrected chi connectivity index (χ3v) is 5.45. The number of aryl methyl sites for hydroxylation is 1. The summed E-state index contributed by atoms with van der Waals surface area (Å²) < 4.78 is 0. The molecule has 1 heterocycles. The highest BCUT2D eigenvalue weighted by Crippen LogP contribution is 2.25. The summed E-state index contributed by atoms with van der Waals surface area (Å²) in [6, 6.07) is 23.6. The van der Waals surface area contributed by atoms with Gasteiger partial charge in [-0.25, -0.2) is 9.97 Å². The molecule has 0 aliphatic rings. The molecule has 5 heteroatoms. The topological polar surface area (TPSA) is 66.9 Å². The molecule has 3 aromatic carbocycles. The van der Waals surface area contributed by atoms with Crippen molar-refractivity contribution in [1.29, 1.82) is 0 Å². The predicted octanol–water partition coefficient (Wildman–Crippen LogP) is 7.04. The molecular weight excluding hydrogens is 420 g/mol. The fourth-order valence-corrected chi connectivity index (χ4v) is 3.72. The first kappa shape index (κ1) is 23.2. The monoisotopic (exact) mass is 450 g/mol. The zero-order chi connectivity index (χ0) is 24.1. The quantitative estimate of drug-likeness (QED) is 0.331. The molecular formula is C29H30N4O. The van der Waals surface area contributed by atoms with E-state index in [1.807, 2.05) is 79.7 Å². The largest absolute Gasteiger partial charge is 0.324 e. The lowest BCUT2D eigenvalue weighted by Crippen LogP contribution is -2.13. The summed E-state index contributed by atoms with van der Waals surface area (Å²) in [6.07, 6.45) is 4.57. The zero-order valence-corrected chi connectivity index (χ0v) is 20.1. The standard InChI is InChI=1S/C29H30N4O/c1-20-10-15-25(32-27(34)23-13-11-21(12-14-23)17-29(2,3)4)16-26(20)33-28-30-18-24(19-31-28)22-8-6-5-7-9-22/h5-16,18-19H,17H2,1-4H3,(H,32,34)(H,30,31,33). The van der Waals surface area contributed by atoms with Crippen molar-refractivity contribution in [2.45, 2.75) is 34.1 Å². The van der Waals surface area contributed by atoms with Gasteiger partial charge in [0.05, 0.1) is 0 Å². The number of rotatable bonds is 6. The lowest BCUT2D eigenvalue weighted by Gasteiger charge is -2.18. The van der Waals surface area contributed by atoms with Gasteiger partial charge < -0.3 is 10.6 Å². The van der Waals surface area contributed by atoms with Crippen LogP contribution >= 0.6 is 0 Å². The first-order valence-electron chi connectivity index (χ1n) is 11.4. The van der Waals surface area contributed by atoms with E-state index in [1.54, 1.807) is 12.4 Å². The Balaban J connectivity index is 1.44. The number of nitrogens with one attached hydrogen (secondary N) is 2. The Kier molecular flexibility index (Phi) is 6.73. The van der Waals surface area contributed by atoms with Gasteiger partial charge in [-0.1, -0.05) is 69.3 Å². The average Bonchev–Trinajstić information content (AvgIpc) is 2.82. The Morgan fingerprint density at radius 2 is 1.53 bits per heavy atom. The number of carbonyl (C=O) groups excluding carboxylic acids is 1. The van der Waals surface area contributed by atoms with Crippen molar-refractivity contribution in [3.8, 4) is 11.1 Å². The molecule has 0 fully saturated rings. The van der Waals surface area contributed by atoms with Crippen molar-refractivity contribution >= 4 is 23.2 Å². The molecule has 4 aromatic rings. The van der Waals surface area contributed by atoms with Gasteiger partial charge >= 0.3 is 0 Å². The highest BCUT2D eigenvalue weighted by molar-refractivity contribution is 6.04. The van der Waals surface area contributed by atoms with E-state index in [-0.39, 0.29) is 11.3 Å². The molecule has 0 saturated heterocycles. The third-order valence-electron chi connectivity index (χ3n) is 5.45. The van der Waals surface area contributed by atoms with Crippen molar-refractivity contribution < 1.29 is 4.79 Å². The van der Waals surface area contributed by atoms with E-state index in [2.05, 4.69) is 41.4 Å². The molecule has 172 valence electrons. The molecule has 4 rings (SSSR count). The number of amides is 1. The van der Waals surface area contributed by atoms with E-state index >= 15 is 0 Å². The first-order valence-corrected chi connectivity index (χ1v) is 11.4. The van der Waals surface area contributed by atoms with Gasteiger partial charge in [0, 0.05) is 34.9 Å². The maximum atomic E-state index is 12.8. The molecule has 0 bridgehead atoms. The summed E-state index contributed by atoms with van der Waals surface area (Å²) in [5.41, 5.74) is 6.67. The predicted molar refractivity (Wildman–Crippen MR) is 139 cm³/mol. The molecule has 0 atom stereocenters. The zero-order valence-electron chi connectivity index (χ0n) is 20.1. The van der Waals surface area contributed by atoms with E-state index in [0.29, 0.717) is 17.2 Å². The van der Waals surface area contributed by atoms with Gasteiger partial charge in [0.2, 0.25) is 5.95 Å². The lowest BCUT2D eigenvalue weighted by atomic mass is 9.88. The van der Waals surface area contributed by atoms with Crippen LogP contribution in [0.1, 0.15) is 42.3 Å². The van der Waals surface area contributed by atoms with E-state index in [4.69, 9.17) is 0 Å². The number of hydrogen-bond donors (Lipinski definition) is 2. The van der Waals surface area contributed by atoms with Crippen molar-refractivity contribution in [3.05, 3.63) is 102 Å². The number of nitrogens with zero attached hydrogens (tertiary/aromatic N) is 2. The highest BCUT2D eigenvalue weighted by atomic mass is 16.1. The van der Waals surface area contributed by atoms with Gasteiger partial charge in [-0.05, 0) is 59.7 Å². The number of aromatic nitrogens is 2. The Morgan fingerprint density at radius 1 is 0.853 bits per heavy atom. The Bertz CT molecular complexity index is 1260. The summed E-state index contributed by atoms with van der Waals surface area (Å²) in [7, 11) is 0. The molecule has 1 amide bonds. The van der Waals surface area contributed by atoms with Crippen LogP contribution in [0.25, 0.3) is 11.1 Å². The highest BCUT2D eigenvalue weighted by Gasteiger charge is 2.13. The SMILES string of the molecule is Cc1ccc(NC(=O)c2ccc(CC(C)(C)C)cc2)cc1Nc1ncc(-c2ccccc2)cn1. The van der Waals surface area contributed by atoms with Crippen LogP contribution in [0, 0.1) is 12.3 Å². The Hall–Kier alpha value is -3.99. The second kappa shape index (κ2) is 9.87. The molecule has 0 unspecified atom stereocenters. The molecule has 1 aromatic heterocycles. The van der Waals surface area contributed by atoms with Crippen molar-refractivity contribution in [2.24, 2.45) is 5.41 Å². The van der Waals surface area contributed by atoms with E-state index in [1.165, 1.54) is 5.56 Å². The van der Waals surface area contributed by atoms with Gasteiger partial charge in [-0.15, -0.1) is 0 Å². The fourth-order valence-electron chi connectivity index (χ4n) is 3.72. The molecule has 0 aliphatic carbocycles. The van der Waals surface area contributed by atoms with Crippen LogP contribution in [0.5, 0.6) is 0 Å².